The zero-order valence-corrected chi connectivity index (χ0v) is 38.7. The zero-order valence-electron chi connectivity index (χ0n) is 35.7. The standard InChI is InChI=1S/2C27H27N3.CHIS/c2*1-2-8-19(9-3-1)16-22-17-20(14-15-28-22)26-23-11-5-4-10-21(23)18-30-25-13-7-6-12-24(25)29-27(26)30;2-1-3/h2*1-13,20,22,26,28H,14-18H2;1H. The van der Waals surface area contributed by atoms with Crippen LogP contribution in [0.3, 0.4) is 0 Å². The Morgan fingerprint density at radius 3 is 1.35 bits per heavy atom. The molecule has 0 radical (unpaired) electrons. The maximum absolute atomic E-state index is 5.16. The van der Waals surface area contributed by atoms with Crippen molar-refractivity contribution in [2.45, 2.75) is 75.5 Å². The molecule has 0 spiro atoms. The molecule has 2 fully saturated rings. The first-order valence-corrected chi connectivity index (χ1v) is 24.5. The third-order valence-electron chi connectivity index (χ3n) is 14.0. The smallest absolute Gasteiger partial charge is 0.118 e. The van der Waals surface area contributed by atoms with Gasteiger partial charge in [0.2, 0.25) is 0 Å². The molecular weight excluding hydrogens is 904 g/mol. The van der Waals surface area contributed by atoms with E-state index in [4.69, 9.17) is 9.97 Å². The van der Waals surface area contributed by atoms with Crippen molar-refractivity contribution in [3.63, 3.8) is 0 Å². The van der Waals surface area contributed by atoms with Gasteiger partial charge in [0.1, 0.15) is 11.6 Å². The largest absolute Gasteiger partial charge is 0.323 e. The monoisotopic (exact) mass is 958 g/mol. The highest BCUT2D eigenvalue weighted by Crippen LogP contribution is 2.45. The fraction of sp³-hybridized carbons (Fsp3) is 0.291. The Kier molecular flexibility index (Phi) is 12.9. The van der Waals surface area contributed by atoms with Gasteiger partial charge in [0.25, 0.3) is 0 Å². The summed E-state index contributed by atoms with van der Waals surface area (Å²) in [4.78, 5) is 10.3. The minimum Gasteiger partial charge on any atom is -0.323 e. The van der Waals surface area contributed by atoms with E-state index < -0.39 is 0 Å². The predicted molar refractivity (Wildman–Crippen MR) is 271 cm³/mol. The summed E-state index contributed by atoms with van der Waals surface area (Å²) in [6.07, 6.45) is 6.99. The molecule has 4 aliphatic heterocycles. The molecule has 2 N–H and O–H groups in total. The van der Waals surface area contributed by atoms with Crippen molar-refractivity contribution in [1.82, 2.24) is 29.7 Å². The lowest BCUT2D eigenvalue weighted by Gasteiger charge is -2.38. The van der Waals surface area contributed by atoms with Crippen LogP contribution in [0, 0.1) is 11.8 Å². The number of para-hydroxylation sites is 4. The predicted octanol–water partition coefficient (Wildman–Crippen LogP) is 11.7. The van der Waals surface area contributed by atoms with Crippen molar-refractivity contribution >= 4 is 60.2 Å². The van der Waals surface area contributed by atoms with Gasteiger partial charge in [-0.3, -0.25) is 0 Å². The number of halogens is 1. The molecular formula is C55H55IN6S. The first kappa shape index (κ1) is 42.0. The normalized spacial score (nSPS) is 22.2. The first-order chi connectivity index (χ1) is 31.1. The number of nitrogens with zero attached hydrogens (tertiary/aromatic N) is 4. The fourth-order valence-corrected chi connectivity index (χ4v) is 11.3. The first-order valence-electron chi connectivity index (χ1n) is 22.8. The highest BCUT2D eigenvalue weighted by molar-refractivity contribution is 14.1. The Morgan fingerprint density at radius 1 is 0.524 bits per heavy atom. The van der Waals surface area contributed by atoms with E-state index in [1.165, 1.54) is 81.7 Å². The Balaban J connectivity index is 0.000000141. The maximum Gasteiger partial charge on any atom is 0.118 e. The number of hydrogen-bond acceptors (Lipinski definition) is 5. The van der Waals surface area contributed by atoms with Crippen LogP contribution in [0.15, 0.2) is 158 Å². The van der Waals surface area contributed by atoms with Crippen molar-refractivity contribution in [1.29, 1.82) is 0 Å². The molecule has 6 aromatic carbocycles. The lowest BCUT2D eigenvalue weighted by molar-refractivity contribution is 0.268. The van der Waals surface area contributed by atoms with Crippen LogP contribution in [-0.4, -0.2) is 47.6 Å². The minimum atomic E-state index is 0.378. The summed E-state index contributed by atoms with van der Waals surface area (Å²) >= 11 is 6.23. The van der Waals surface area contributed by atoms with E-state index in [0.29, 0.717) is 35.8 Å². The van der Waals surface area contributed by atoms with Gasteiger partial charge in [0, 0.05) is 40.4 Å². The summed E-state index contributed by atoms with van der Waals surface area (Å²) in [5, 5.41) is 7.57. The Hall–Kier alpha value is -5.00. The molecule has 8 heteroatoms. The van der Waals surface area contributed by atoms with E-state index in [2.05, 4.69) is 190 Å². The van der Waals surface area contributed by atoms with Gasteiger partial charge in [-0.15, -0.1) is 0 Å². The highest BCUT2D eigenvalue weighted by atomic mass is 127. The van der Waals surface area contributed by atoms with Crippen LogP contribution >= 0.6 is 34.8 Å². The second-order valence-corrected chi connectivity index (χ2v) is 19.5. The zero-order chi connectivity index (χ0) is 42.5. The van der Waals surface area contributed by atoms with Gasteiger partial charge >= 0.3 is 0 Å². The van der Waals surface area contributed by atoms with Crippen LogP contribution in [0.5, 0.6) is 0 Å². The molecule has 8 aromatic rings. The van der Waals surface area contributed by atoms with Crippen molar-refractivity contribution in [3.8, 4) is 0 Å². The molecule has 2 aromatic heterocycles. The molecule has 0 amide bonds. The Morgan fingerprint density at radius 2 is 0.905 bits per heavy atom. The van der Waals surface area contributed by atoms with Crippen molar-refractivity contribution in [3.05, 3.63) is 203 Å². The van der Waals surface area contributed by atoms with E-state index in [-0.39, 0.29) is 0 Å². The molecule has 6 atom stereocenters. The van der Waals surface area contributed by atoms with E-state index in [0.717, 1.165) is 50.1 Å². The fourth-order valence-electron chi connectivity index (χ4n) is 11.3. The number of nitrogens with one attached hydrogen (secondary N) is 2. The van der Waals surface area contributed by atoms with E-state index in [1.807, 2.05) is 22.6 Å². The van der Waals surface area contributed by atoms with Crippen LogP contribution in [-0.2, 0) is 25.9 Å². The van der Waals surface area contributed by atoms with Gasteiger partial charge in [0.05, 0.1) is 22.1 Å². The molecule has 6 nitrogen and oxygen atoms in total. The summed E-state index contributed by atoms with van der Waals surface area (Å²) in [6.45, 7) is 4.03. The van der Waals surface area contributed by atoms with Gasteiger partial charge in [-0.2, -0.15) is 0 Å². The van der Waals surface area contributed by atoms with E-state index >= 15 is 0 Å². The Labute approximate surface area is 390 Å². The average Bonchev–Trinajstić information content (AvgIpc) is 3.89. The van der Waals surface area contributed by atoms with Gasteiger partial charge < -0.3 is 19.8 Å². The van der Waals surface area contributed by atoms with Gasteiger partial charge in [-0.05, 0) is 144 Å². The number of imidazole rings is 2. The number of hydrogen-bond donors (Lipinski definition) is 2. The SMILES string of the molecule is S=CI.c1ccc(CC2CC(C3c4ccccc4Cn4c3nc3ccccc34)CCN2)cc1.c1ccc(CC2CC(C3c4ccccc4Cn4c3nc3ccccc34)CCN2)cc1. The molecule has 0 bridgehead atoms. The second kappa shape index (κ2) is 19.4. The van der Waals surface area contributed by atoms with Crippen LogP contribution in [0.2, 0.25) is 0 Å². The lowest BCUT2D eigenvalue weighted by Crippen LogP contribution is -2.42. The van der Waals surface area contributed by atoms with Crippen LogP contribution < -0.4 is 10.6 Å². The lowest BCUT2D eigenvalue weighted by atomic mass is 9.74. The molecule has 4 aliphatic rings. The van der Waals surface area contributed by atoms with Gasteiger partial charge in [-0.1, -0.05) is 146 Å². The van der Waals surface area contributed by atoms with Crippen molar-refractivity contribution in [2.75, 3.05) is 13.1 Å². The highest BCUT2D eigenvalue weighted by Gasteiger charge is 2.38. The average molecular weight is 959 g/mol. The molecule has 0 saturated carbocycles. The molecule has 6 heterocycles. The molecule has 2 saturated heterocycles. The van der Waals surface area contributed by atoms with Crippen molar-refractivity contribution < 1.29 is 0 Å². The third kappa shape index (κ3) is 8.92. The van der Waals surface area contributed by atoms with Crippen molar-refractivity contribution in [2.24, 2.45) is 11.8 Å². The van der Waals surface area contributed by atoms with E-state index in [1.54, 1.807) is 3.37 Å². The van der Waals surface area contributed by atoms with E-state index in [9.17, 15) is 0 Å². The summed E-state index contributed by atoms with van der Waals surface area (Å²) in [5.41, 5.74) is 13.5. The van der Waals surface area contributed by atoms with Crippen LogP contribution in [0.25, 0.3) is 22.1 Å². The quantitative estimate of drug-likeness (QED) is 0.0988. The molecule has 63 heavy (non-hydrogen) atoms. The summed E-state index contributed by atoms with van der Waals surface area (Å²) < 4.78 is 6.49. The number of piperidine rings is 2. The molecule has 6 unspecified atom stereocenters. The topological polar surface area (TPSA) is 59.7 Å². The summed E-state index contributed by atoms with van der Waals surface area (Å²) in [5.74, 6) is 4.50. The number of thiocarbonyl (C=S) groups is 1. The molecule has 12 rings (SSSR count). The summed E-state index contributed by atoms with van der Waals surface area (Å²) in [7, 11) is 0. The Bertz CT molecular complexity index is 2610. The third-order valence-corrected chi connectivity index (χ3v) is 14.0. The minimum absolute atomic E-state index is 0.378. The van der Waals surface area contributed by atoms with Gasteiger partial charge in [-0.25, -0.2) is 9.97 Å². The second-order valence-electron chi connectivity index (χ2n) is 17.8. The van der Waals surface area contributed by atoms with Crippen LogP contribution in [0.1, 0.15) is 82.5 Å². The summed E-state index contributed by atoms with van der Waals surface area (Å²) in [6, 6.07) is 58.1. The van der Waals surface area contributed by atoms with Crippen LogP contribution in [0.4, 0.5) is 0 Å². The number of rotatable bonds is 6. The van der Waals surface area contributed by atoms with Gasteiger partial charge in [0.15, 0.2) is 0 Å². The molecule has 0 aliphatic carbocycles. The number of benzene rings is 6. The number of fused-ring (bicyclic) bond motifs is 8. The maximum atomic E-state index is 5.16. The number of aromatic nitrogens is 4. The molecule has 318 valence electrons.